The lowest BCUT2D eigenvalue weighted by Crippen LogP contribution is -2.31. The van der Waals surface area contributed by atoms with Crippen molar-refractivity contribution in [2.75, 3.05) is 13.1 Å². The number of carbonyl (C=O) groups excluding carboxylic acids is 1. The fraction of sp³-hybridized carbons (Fsp3) is 0.455. The Hall–Kier alpha value is -1.38. The third kappa shape index (κ3) is 2.55. The van der Waals surface area contributed by atoms with Gasteiger partial charge in [-0.05, 0) is 25.5 Å². The lowest BCUT2D eigenvalue weighted by molar-refractivity contribution is 0.0764. The van der Waals surface area contributed by atoms with Gasteiger partial charge in [-0.2, -0.15) is 0 Å². The molecular formula is C11H16N2O. The fourth-order valence-corrected chi connectivity index (χ4v) is 1.35. The van der Waals surface area contributed by atoms with Crippen molar-refractivity contribution in [1.29, 1.82) is 0 Å². The molecule has 76 valence electrons. The van der Waals surface area contributed by atoms with Gasteiger partial charge in [0.05, 0.1) is 5.56 Å². The normalized spacial score (nSPS) is 9.86. The lowest BCUT2D eigenvalue weighted by atomic mass is 10.2. The molecule has 1 amide bonds. The fourth-order valence-electron chi connectivity index (χ4n) is 1.35. The van der Waals surface area contributed by atoms with Crippen molar-refractivity contribution >= 4 is 5.91 Å². The summed E-state index contributed by atoms with van der Waals surface area (Å²) in [6.07, 6.45) is 4.27. The maximum Gasteiger partial charge on any atom is 0.255 e. The highest BCUT2D eigenvalue weighted by molar-refractivity contribution is 5.93. The Bertz CT molecular complexity index is 285. The molecule has 3 nitrogen and oxygen atoms in total. The number of amides is 1. The predicted molar refractivity (Wildman–Crippen MR) is 56.1 cm³/mol. The zero-order valence-electron chi connectivity index (χ0n) is 8.73. The van der Waals surface area contributed by atoms with E-state index in [9.17, 15) is 4.79 Å². The minimum atomic E-state index is 0.0717. The van der Waals surface area contributed by atoms with Gasteiger partial charge in [-0.15, -0.1) is 0 Å². The number of aromatic nitrogens is 1. The zero-order valence-corrected chi connectivity index (χ0v) is 8.73. The molecule has 0 bridgehead atoms. The molecule has 0 aliphatic rings. The maximum absolute atomic E-state index is 11.9. The lowest BCUT2D eigenvalue weighted by Gasteiger charge is -2.19. The molecule has 0 aromatic carbocycles. The van der Waals surface area contributed by atoms with E-state index in [2.05, 4.69) is 11.9 Å². The van der Waals surface area contributed by atoms with Crippen LogP contribution in [0.25, 0.3) is 0 Å². The molecule has 0 spiro atoms. The Morgan fingerprint density at radius 2 is 2.29 bits per heavy atom. The Morgan fingerprint density at radius 3 is 2.79 bits per heavy atom. The average Bonchev–Trinajstić information content (AvgIpc) is 2.26. The largest absolute Gasteiger partial charge is 0.339 e. The Balaban J connectivity index is 2.73. The van der Waals surface area contributed by atoms with E-state index in [0.717, 1.165) is 19.5 Å². The van der Waals surface area contributed by atoms with E-state index in [0.29, 0.717) is 5.56 Å². The summed E-state index contributed by atoms with van der Waals surface area (Å²) in [6.45, 7) is 5.62. The zero-order chi connectivity index (χ0) is 10.4. The first-order valence-electron chi connectivity index (χ1n) is 4.98. The molecule has 1 rings (SSSR count). The van der Waals surface area contributed by atoms with E-state index < -0.39 is 0 Å². The third-order valence-corrected chi connectivity index (χ3v) is 2.07. The highest BCUT2D eigenvalue weighted by Gasteiger charge is 2.12. The molecule has 0 N–H and O–H groups in total. The Kier molecular flexibility index (Phi) is 4.11. The van der Waals surface area contributed by atoms with Crippen LogP contribution in [-0.4, -0.2) is 28.9 Å². The van der Waals surface area contributed by atoms with Crippen molar-refractivity contribution < 1.29 is 4.79 Å². The van der Waals surface area contributed by atoms with Crippen LogP contribution in [0.15, 0.2) is 24.5 Å². The molecule has 0 unspecified atom stereocenters. The van der Waals surface area contributed by atoms with Gasteiger partial charge in [0.25, 0.3) is 5.91 Å². The summed E-state index contributed by atoms with van der Waals surface area (Å²) in [5.41, 5.74) is 0.669. The smallest absolute Gasteiger partial charge is 0.255 e. The second-order valence-corrected chi connectivity index (χ2v) is 3.13. The van der Waals surface area contributed by atoms with Crippen LogP contribution < -0.4 is 0 Å². The second-order valence-electron chi connectivity index (χ2n) is 3.13. The van der Waals surface area contributed by atoms with Crippen molar-refractivity contribution in [3.8, 4) is 0 Å². The van der Waals surface area contributed by atoms with Crippen molar-refractivity contribution in [1.82, 2.24) is 9.88 Å². The van der Waals surface area contributed by atoms with Gasteiger partial charge in [0, 0.05) is 25.5 Å². The Morgan fingerprint density at radius 1 is 1.50 bits per heavy atom. The summed E-state index contributed by atoms with van der Waals surface area (Å²) < 4.78 is 0. The molecular weight excluding hydrogens is 176 g/mol. The number of rotatable bonds is 4. The topological polar surface area (TPSA) is 33.2 Å². The van der Waals surface area contributed by atoms with Crippen molar-refractivity contribution in [3.05, 3.63) is 30.1 Å². The molecule has 0 fully saturated rings. The highest BCUT2D eigenvalue weighted by Crippen LogP contribution is 2.03. The number of nitrogens with zero attached hydrogens (tertiary/aromatic N) is 2. The van der Waals surface area contributed by atoms with E-state index in [1.807, 2.05) is 11.8 Å². The summed E-state index contributed by atoms with van der Waals surface area (Å²) in [5.74, 6) is 0.0717. The predicted octanol–water partition coefficient (Wildman–Crippen LogP) is 1.95. The molecule has 14 heavy (non-hydrogen) atoms. The monoisotopic (exact) mass is 192 g/mol. The summed E-state index contributed by atoms with van der Waals surface area (Å²) in [7, 11) is 0. The minimum absolute atomic E-state index is 0.0717. The maximum atomic E-state index is 11.9. The number of carbonyl (C=O) groups is 1. The summed E-state index contributed by atoms with van der Waals surface area (Å²) in [6, 6.07) is 3.58. The summed E-state index contributed by atoms with van der Waals surface area (Å²) in [4.78, 5) is 17.6. The molecule has 0 aliphatic carbocycles. The van der Waals surface area contributed by atoms with Crippen LogP contribution in [0.4, 0.5) is 0 Å². The van der Waals surface area contributed by atoms with Crippen molar-refractivity contribution in [3.63, 3.8) is 0 Å². The molecule has 0 atom stereocenters. The molecule has 1 aromatic rings. The van der Waals surface area contributed by atoms with Gasteiger partial charge in [0.2, 0.25) is 0 Å². The molecule has 0 saturated heterocycles. The van der Waals surface area contributed by atoms with Gasteiger partial charge >= 0.3 is 0 Å². The van der Waals surface area contributed by atoms with Crippen LogP contribution in [0, 0.1) is 0 Å². The van der Waals surface area contributed by atoms with Gasteiger partial charge in [-0.3, -0.25) is 9.78 Å². The number of hydrogen-bond acceptors (Lipinski definition) is 2. The van der Waals surface area contributed by atoms with Crippen LogP contribution in [0.5, 0.6) is 0 Å². The molecule has 0 aliphatic heterocycles. The van der Waals surface area contributed by atoms with Crippen LogP contribution >= 0.6 is 0 Å². The van der Waals surface area contributed by atoms with E-state index in [1.165, 1.54) is 0 Å². The average molecular weight is 192 g/mol. The van der Waals surface area contributed by atoms with Gasteiger partial charge in [0.15, 0.2) is 0 Å². The van der Waals surface area contributed by atoms with E-state index in [4.69, 9.17) is 0 Å². The first-order valence-corrected chi connectivity index (χ1v) is 4.98. The molecule has 3 heteroatoms. The second kappa shape index (κ2) is 5.37. The quantitative estimate of drug-likeness (QED) is 0.730. The van der Waals surface area contributed by atoms with Gasteiger partial charge in [-0.1, -0.05) is 6.92 Å². The molecule has 0 radical (unpaired) electrons. The third-order valence-electron chi connectivity index (χ3n) is 2.07. The Labute approximate surface area is 84.8 Å². The van der Waals surface area contributed by atoms with Crippen LogP contribution in [0.2, 0.25) is 0 Å². The highest BCUT2D eigenvalue weighted by atomic mass is 16.2. The SMILES string of the molecule is CCCN(CC)C(=O)c1cccnc1. The molecule has 1 heterocycles. The van der Waals surface area contributed by atoms with Crippen molar-refractivity contribution in [2.24, 2.45) is 0 Å². The van der Waals surface area contributed by atoms with Gasteiger partial charge in [0.1, 0.15) is 0 Å². The van der Waals surface area contributed by atoms with Crippen LogP contribution in [0.1, 0.15) is 30.6 Å². The standard InChI is InChI=1S/C11H16N2O/c1-3-8-13(4-2)11(14)10-6-5-7-12-9-10/h5-7,9H,3-4,8H2,1-2H3. The molecule has 1 aromatic heterocycles. The molecule has 0 saturated carbocycles. The summed E-state index contributed by atoms with van der Waals surface area (Å²) in [5, 5.41) is 0. The van der Waals surface area contributed by atoms with Gasteiger partial charge in [-0.25, -0.2) is 0 Å². The number of hydrogen-bond donors (Lipinski definition) is 0. The minimum Gasteiger partial charge on any atom is -0.339 e. The first kappa shape index (κ1) is 10.7. The van der Waals surface area contributed by atoms with Crippen molar-refractivity contribution in [2.45, 2.75) is 20.3 Å². The van der Waals surface area contributed by atoms with Crippen LogP contribution in [-0.2, 0) is 0 Å². The van der Waals surface area contributed by atoms with Gasteiger partial charge < -0.3 is 4.90 Å². The summed E-state index contributed by atoms with van der Waals surface area (Å²) >= 11 is 0. The van der Waals surface area contributed by atoms with E-state index >= 15 is 0 Å². The van der Waals surface area contributed by atoms with E-state index in [1.54, 1.807) is 24.5 Å². The van der Waals surface area contributed by atoms with Crippen LogP contribution in [0.3, 0.4) is 0 Å². The number of pyridine rings is 1. The van der Waals surface area contributed by atoms with E-state index in [-0.39, 0.29) is 5.91 Å². The first-order chi connectivity index (χ1) is 6.79.